The Morgan fingerprint density at radius 3 is 2.53 bits per heavy atom. The SMILES string of the molecule is C#C.Cc1cc2[nH]c(=O)c3cnn(CC4CC(F)(F)C4)c3c2cc1C(=O)N1CCN(CCCO)CC1. The van der Waals surface area contributed by atoms with E-state index >= 15 is 0 Å². The smallest absolute Gasteiger partial charge is 0.259 e. The van der Waals surface area contributed by atoms with Crippen molar-refractivity contribution in [1.29, 1.82) is 0 Å². The number of hydrogen-bond donors (Lipinski definition) is 2. The Hall–Kier alpha value is -3.29. The van der Waals surface area contributed by atoms with Crippen LogP contribution in [0.15, 0.2) is 23.1 Å². The number of nitrogens with one attached hydrogen (secondary N) is 1. The fourth-order valence-electron chi connectivity index (χ4n) is 5.20. The van der Waals surface area contributed by atoms with E-state index < -0.39 is 5.92 Å². The summed E-state index contributed by atoms with van der Waals surface area (Å²) in [6.07, 6.45) is 9.83. The van der Waals surface area contributed by atoms with Crippen LogP contribution in [0.1, 0.15) is 35.2 Å². The maximum Gasteiger partial charge on any atom is 0.259 e. The van der Waals surface area contributed by atoms with Crippen molar-refractivity contribution < 1.29 is 18.7 Å². The number of aromatic amines is 1. The van der Waals surface area contributed by atoms with Crippen LogP contribution in [-0.4, -0.2) is 80.8 Å². The predicted octanol–water partition coefficient (Wildman–Crippen LogP) is 2.62. The number of alkyl halides is 2. The van der Waals surface area contributed by atoms with Crippen LogP contribution in [0.5, 0.6) is 0 Å². The van der Waals surface area contributed by atoms with Crippen LogP contribution in [0.3, 0.4) is 0 Å². The maximum absolute atomic E-state index is 13.4. The second-order valence-electron chi connectivity index (χ2n) is 9.60. The van der Waals surface area contributed by atoms with Crippen LogP contribution in [0, 0.1) is 25.7 Å². The van der Waals surface area contributed by atoms with Gasteiger partial charge in [-0.2, -0.15) is 5.10 Å². The number of aliphatic hydroxyl groups is 1. The van der Waals surface area contributed by atoms with E-state index in [4.69, 9.17) is 5.11 Å². The lowest BCUT2D eigenvalue weighted by Gasteiger charge is -2.35. The minimum Gasteiger partial charge on any atom is -0.396 e. The van der Waals surface area contributed by atoms with Gasteiger partial charge in [-0.25, -0.2) is 8.78 Å². The minimum atomic E-state index is -2.62. The Balaban J connectivity index is 0.00000148. The van der Waals surface area contributed by atoms with Crippen molar-refractivity contribution in [3.63, 3.8) is 0 Å². The van der Waals surface area contributed by atoms with Gasteiger partial charge >= 0.3 is 0 Å². The van der Waals surface area contributed by atoms with Crippen molar-refractivity contribution in [2.24, 2.45) is 5.92 Å². The lowest BCUT2D eigenvalue weighted by atomic mass is 9.81. The van der Waals surface area contributed by atoms with E-state index in [1.165, 1.54) is 6.20 Å². The first-order chi connectivity index (χ1) is 17.3. The number of amides is 1. The summed E-state index contributed by atoms with van der Waals surface area (Å²) in [4.78, 5) is 33.0. The Labute approximate surface area is 207 Å². The van der Waals surface area contributed by atoms with Crippen LogP contribution in [0.2, 0.25) is 0 Å². The molecule has 1 aromatic carbocycles. The molecule has 2 N–H and O–H groups in total. The van der Waals surface area contributed by atoms with Crippen LogP contribution in [-0.2, 0) is 6.54 Å². The topological polar surface area (TPSA) is 94.5 Å². The second kappa shape index (κ2) is 10.4. The summed E-state index contributed by atoms with van der Waals surface area (Å²) in [5.74, 6) is -2.88. The lowest BCUT2D eigenvalue weighted by Crippen LogP contribution is -2.49. The molecule has 5 rings (SSSR count). The highest BCUT2D eigenvalue weighted by Gasteiger charge is 2.45. The third-order valence-corrected chi connectivity index (χ3v) is 7.08. The van der Waals surface area contributed by atoms with Crippen molar-refractivity contribution in [3.05, 3.63) is 39.8 Å². The fourth-order valence-corrected chi connectivity index (χ4v) is 5.20. The summed E-state index contributed by atoms with van der Waals surface area (Å²) in [5, 5.41) is 14.4. The van der Waals surface area contributed by atoms with Gasteiger partial charge in [0.05, 0.1) is 22.6 Å². The number of aryl methyl sites for hydroxylation is 1. The van der Waals surface area contributed by atoms with Crippen LogP contribution >= 0.6 is 0 Å². The molecule has 0 atom stereocenters. The predicted molar refractivity (Wildman–Crippen MR) is 134 cm³/mol. The molecule has 2 fully saturated rings. The zero-order chi connectivity index (χ0) is 26.0. The molecule has 0 bridgehead atoms. The molecule has 2 aromatic heterocycles. The molecule has 10 heteroatoms. The maximum atomic E-state index is 13.4. The number of hydrogen-bond acceptors (Lipinski definition) is 5. The van der Waals surface area contributed by atoms with Crippen LogP contribution in [0.4, 0.5) is 8.78 Å². The minimum absolute atomic E-state index is 0.0646. The molecule has 1 aliphatic carbocycles. The lowest BCUT2D eigenvalue weighted by molar-refractivity contribution is -0.114. The van der Waals surface area contributed by atoms with E-state index in [1.54, 1.807) is 16.8 Å². The normalized spacial score (nSPS) is 18.1. The van der Waals surface area contributed by atoms with Gasteiger partial charge in [0, 0.05) is 69.7 Å². The van der Waals surface area contributed by atoms with Crippen molar-refractivity contribution in [2.75, 3.05) is 39.3 Å². The number of carbonyl (C=O) groups excluding carboxylic acids is 1. The van der Waals surface area contributed by atoms with E-state index in [0.717, 1.165) is 31.6 Å². The van der Waals surface area contributed by atoms with Gasteiger partial charge in [0.2, 0.25) is 5.92 Å². The number of benzene rings is 1. The molecule has 1 saturated heterocycles. The number of aliphatic hydroxyl groups excluding tert-OH is 1. The first-order valence-corrected chi connectivity index (χ1v) is 12.1. The summed E-state index contributed by atoms with van der Waals surface area (Å²) in [6, 6.07) is 3.60. The van der Waals surface area contributed by atoms with Gasteiger partial charge in [-0.15, -0.1) is 12.8 Å². The number of rotatable bonds is 6. The number of aromatic nitrogens is 3. The molecule has 1 aliphatic heterocycles. The molecular weight excluding hydrogens is 468 g/mol. The highest BCUT2D eigenvalue weighted by Crippen LogP contribution is 2.43. The summed E-state index contributed by atoms with van der Waals surface area (Å²) >= 11 is 0. The summed E-state index contributed by atoms with van der Waals surface area (Å²) in [7, 11) is 0. The summed E-state index contributed by atoms with van der Waals surface area (Å²) in [5.41, 5.74) is 2.22. The highest BCUT2D eigenvalue weighted by atomic mass is 19.3. The Kier molecular flexibility index (Phi) is 7.43. The number of H-pyrrole nitrogens is 1. The van der Waals surface area contributed by atoms with Crippen LogP contribution in [0.25, 0.3) is 21.8 Å². The first kappa shape index (κ1) is 25.8. The number of halogens is 2. The highest BCUT2D eigenvalue weighted by molar-refractivity contribution is 6.07. The van der Waals surface area contributed by atoms with Gasteiger partial charge in [0.1, 0.15) is 0 Å². The van der Waals surface area contributed by atoms with E-state index in [9.17, 15) is 18.4 Å². The number of pyridine rings is 1. The number of fused-ring (bicyclic) bond motifs is 3. The second-order valence-corrected chi connectivity index (χ2v) is 9.60. The molecule has 0 spiro atoms. The number of nitrogens with zero attached hydrogens (tertiary/aromatic N) is 4. The van der Waals surface area contributed by atoms with E-state index in [0.29, 0.717) is 47.0 Å². The van der Waals surface area contributed by atoms with Gasteiger partial charge in [0.25, 0.3) is 11.5 Å². The van der Waals surface area contributed by atoms with Gasteiger partial charge in [-0.3, -0.25) is 19.2 Å². The molecule has 0 radical (unpaired) electrons. The first-order valence-electron chi connectivity index (χ1n) is 12.1. The number of piperazine rings is 1. The number of terminal acetylenes is 1. The van der Waals surface area contributed by atoms with Gasteiger partial charge in [0.15, 0.2) is 0 Å². The van der Waals surface area contributed by atoms with Gasteiger partial charge in [-0.1, -0.05) is 0 Å². The zero-order valence-corrected chi connectivity index (χ0v) is 20.3. The molecule has 2 aliphatic rings. The summed E-state index contributed by atoms with van der Waals surface area (Å²) in [6.45, 7) is 5.86. The van der Waals surface area contributed by atoms with Crippen molar-refractivity contribution in [2.45, 2.75) is 38.7 Å². The van der Waals surface area contributed by atoms with E-state index in [2.05, 4.69) is 27.8 Å². The monoisotopic (exact) mass is 499 g/mol. The number of carbonyl (C=O) groups is 1. The zero-order valence-electron chi connectivity index (χ0n) is 20.3. The van der Waals surface area contributed by atoms with Crippen molar-refractivity contribution in [1.82, 2.24) is 24.6 Å². The average Bonchev–Trinajstić information content (AvgIpc) is 3.27. The fraction of sp³-hybridized carbons (Fsp3) is 0.500. The molecule has 3 aromatic rings. The van der Waals surface area contributed by atoms with Gasteiger partial charge < -0.3 is 15.0 Å². The van der Waals surface area contributed by atoms with Crippen LogP contribution < -0.4 is 5.56 Å². The largest absolute Gasteiger partial charge is 0.396 e. The Morgan fingerprint density at radius 2 is 1.89 bits per heavy atom. The molecule has 1 amide bonds. The van der Waals surface area contributed by atoms with E-state index in [-0.39, 0.29) is 36.8 Å². The molecule has 8 nitrogen and oxygen atoms in total. The Bertz CT molecular complexity index is 1330. The molecule has 1 saturated carbocycles. The summed E-state index contributed by atoms with van der Waals surface area (Å²) < 4.78 is 28.3. The van der Waals surface area contributed by atoms with Gasteiger partial charge in [-0.05, 0) is 37.0 Å². The molecule has 0 unspecified atom stereocenters. The molecule has 3 heterocycles. The van der Waals surface area contributed by atoms with Crippen molar-refractivity contribution in [3.8, 4) is 12.8 Å². The standard InChI is InChI=1S/C24H29F2N5O3.C2H2/c1-15-9-20-18(10-17(15)23(34)30-6-4-29(5-7-30)3-2-8-32)21-19(22(33)28-20)13-27-31(21)14-16-11-24(25,26)12-16;1-2/h9-10,13,16,32H,2-8,11-12,14H2,1H3,(H,28,33);1-2H. The van der Waals surface area contributed by atoms with E-state index in [1.807, 2.05) is 11.8 Å². The van der Waals surface area contributed by atoms with Crippen molar-refractivity contribution >= 4 is 27.7 Å². The molecular formula is C26H31F2N5O3. The molecule has 36 heavy (non-hydrogen) atoms. The molecule has 192 valence electrons. The quantitative estimate of drug-likeness (QED) is 0.509. The third-order valence-electron chi connectivity index (χ3n) is 7.08. The Morgan fingerprint density at radius 1 is 1.19 bits per heavy atom. The average molecular weight is 500 g/mol. The third kappa shape index (κ3) is 4.99.